The minimum atomic E-state index is -0.519. The molecule has 0 atom stereocenters. The van der Waals surface area contributed by atoms with Gasteiger partial charge in [0.1, 0.15) is 12.4 Å². The highest BCUT2D eigenvalue weighted by atomic mass is 19.1. The topological polar surface area (TPSA) is 88.7 Å². The number of aromatic nitrogens is 1. The minimum absolute atomic E-state index is 0.0795. The van der Waals surface area contributed by atoms with Gasteiger partial charge in [0, 0.05) is 48.7 Å². The van der Waals surface area contributed by atoms with Crippen molar-refractivity contribution in [2.45, 2.75) is 77.4 Å². The lowest BCUT2D eigenvalue weighted by atomic mass is 9.94. The van der Waals surface area contributed by atoms with Gasteiger partial charge in [-0.2, -0.15) is 0 Å². The van der Waals surface area contributed by atoms with Gasteiger partial charge in [-0.15, -0.1) is 0 Å². The van der Waals surface area contributed by atoms with E-state index in [0.29, 0.717) is 19.6 Å². The molecule has 41 heavy (non-hydrogen) atoms. The molecule has 1 aliphatic carbocycles. The number of halogens is 1. The van der Waals surface area contributed by atoms with Gasteiger partial charge in [0.05, 0.1) is 11.5 Å². The summed E-state index contributed by atoms with van der Waals surface area (Å²) in [6, 6.07) is 16.1. The van der Waals surface area contributed by atoms with E-state index in [1.165, 1.54) is 30.3 Å². The van der Waals surface area contributed by atoms with Crippen molar-refractivity contribution >= 4 is 17.5 Å². The summed E-state index contributed by atoms with van der Waals surface area (Å²) in [5.41, 5.74) is 1.99. The molecule has 218 valence electrons. The molecule has 0 radical (unpaired) electrons. The van der Waals surface area contributed by atoms with Gasteiger partial charge in [0.15, 0.2) is 0 Å². The molecule has 0 unspecified atom stereocenters. The monoisotopic (exact) mass is 562 g/mol. The lowest BCUT2D eigenvalue weighted by Crippen LogP contribution is -2.47. The van der Waals surface area contributed by atoms with Crippen LogP contribution in [0.15, 0.2) is 66.9 Å². The third-order valence-corrected chi connectivity index (χ3v) is 7.81. The first kappa shape index (κ1) is 30.0. The molecule has 0 spiro atoms. The molecule has 3 aromatic rings. The Balaban J connectivity index is 1.56. The number of unbranched alkanes of at least 4 members (excludes halogenated alkanes) is 2. The number of nitrogens with zero attached hydrogens (tertiary/aromatic N) is 4. The molecule has 0 N–H and O–H groups in total. The summed E-state index contributed by atoms with van der Waals surface area (Å²) in [6.45, 7) is 3.36. The third kappa shape index (κ3) is 8.25. The molecule has 4 rings (SSSR count). The SMILES string of the molecule is CCCCCN(CC(=O)N(Cc1cccn1Cc1ccc(F)cc1)C1CCCCC1)C(=O)c1cccc([N+](=O)[O-])c1. The van der Waals surface area contributed by atoms with Crippen LogP contribution in [0.3, 0.4) is 0 Å². The van der Waals surface area contributed by atoms with Gasteiger partial charge in [0.2, 0.25) is 5.91 Å². The minimum Gasteiger partial charge on any atom is -0.345 e. The number of carbonyl (C=O) groups excluding carboxylic acids is 2. The van der Waals surface area contributed by atoms with Crippen LogP contribution in [0.2, 0.25) is 0 Å². The predicted molar refractivity (Wildman–Crippen MR) is 156 cm³/mol. The van der Waals surface area contributed by atoms with Gasteiger partial charge in [-0.05, 0) is 55.2 Å². The number of non-ortho nitro benzene ring substituents is 1. The summed E-state index contributed by atoms with van der Waals surface area (Å²) < 4.78 is 15.5. The van der Waals surface area contributed by atoms with Crippen molar-refractivity contribution in [2.75, 3.05) is 13.1 Å². The van der Waals surface area contributed by atoms with Crippen LogP contribution in [0.1, 0.15) is 79.9 Å². The first-order valence-electron chi connectivity index (χ1n) is 14.6. The summed E-state index contributed by atoms with van der Waals surface area (Å²) >= 11 is 0. The quantitative estimate of drug-likeness (QED) is 0.134. The lowest BCUT2D eigenvalue weighted by Gasteiger charge is -2.36. The van der Waals surface area contributed by atoms with Crippen LogP contribution in [0.25, 0.3) is 0 Å². The van der Waals surface area contributed by atoms with Crippen molar-refractivity contribution in [1.29, 1.82) is 0 Å². The van der Waals surface area contributed by atoms with Crippen LogP contribution in [-0.4, -0.2) is 50.2 Å². The maximum atomic E-state index is 14.0. The Morgan fingerprint density at radius 2 is 1.78 bits per heavy atom. The molecule has 1 aromatic heterocycles. The second-order valence-electron chi connectivity index (χ2n) is 10.8. The average molecular weight is 563 g/mol. The van der Waals surface area contributed by atoms with Gasteiger partial charge < -0.3 is 14.4 Å². The smallest absolute Gasteiger partial charge is 0.270 e. The number of hydrogen-bond acceptors (Lipinski definition) is 4. The molecule has 0 bridgehead atoms. The Labute approximate surface area is 240 Å². The molecular weight excluding hydrogens is 523 g/mol. The number of rotatable bonds is 13. The second kappa shape index (κ2) is 14.6. The van der Waals surface area contributed by atoms with E-state index in [1.807, 2.05) is 23.2 Å². The first-order valence-corrected chi connectivity index (χ1v) is 14.6. The van der Waals surface area contributed by atoms with Crippen molar-refractivity contribution in [1.82, 2.24) is 14.4 Å². The highest BCUT2D eigenvalue weighted by molar-refractivity contribution is 5.97. The fourth-order valence-electron chi connectivity index (χ4n) is 5.52. The number of nitro benzene ring substituents is 1. The second-order valence-corrected chi connectivity index (χ2v) is 10.8. The largest absolute Gasteiger partial charge is 0.345 e. The molecule has 0 aliphatic heterocycles. The summed E-state index contributed by atoms with van der Waals surface area (Å²) in [5, 5.41) is 11.3. The first-order chi connectivity index (χ1) is 19.9. The van der Waals surface area contributed by atoms with E-state index in [0.717, 1.165) is 62.6 Å². The molecule has 2 aromatic carbocycles. The lowest BCUT2D eigenvalue weighted by molar-refractivity contribution is -0.384. The molecule has 1 fully saturated rings. The molecule has 1 heterocycles. The zero-order valence-electron chi connectivity index (χ0n) is 23.7. The van der Waals surface area contributed by atoms with Gasteiger partial charge in [-0.3, -0.25) is 19.7 Å². The fourth-order valence-corrected chi connectivity index (χ4v) is 5.52. The van der Waals surface area contributed by atoms with E-state index in [2.05, 4.69) is 11.5 Å². The maximum Gasteiger partial charge on any atom is 0.270 e. The highest BCUT2D eigenvalue weighted by Crippen LogP contribution is 2.25. The number of benzene rings is 2. The molecule has 0 saturated heterocycles. The number of hydrogen-bond donors (Lipinski definition) is 0. The number of nitro groups is 1. The van der Waals surface area contributed by atoms with E-state index in [4.69, 9.17) is 0 Å². The standard InChI is InChI=1S/C32H39FN4O4/c1-2-3-7-19-35(32(39)26-10-8-13-29(21-26)37(40)41)24-31(38)36(28-11-5-4-6-12-28)23-30-14-9-20-34(30)22-25-15-17-27(33)18-16-25/h8-10,13-18,20-21,28H,2-7,11-12,19,22-24H2,1H3. The Morgan fingerprint density at radius 3 is 2.49 bits per heavy atom. The van der Waals surface area contributed by atoms with Gasteiger partial charge in [-0.1, -0.05) is 57.2 Å². The average Bonchev–Trinajstić information content (AvgIpc) is 3.43. The van der Waals surface area contributed by atoms with E-state index >= 15 is 0 Å². The summed E-state index contributed by atoms with van der Waals surface area (Å²) in [6.07, 6.45) is 9.67. The fraction of sp³-hybridized carbons (Fsp3) is 0.438. The Hall–Kier alpha value is -4.01. The van der Waals surface area contributed by atoms with Crippen LogP contribution < -0.4 is 0 Å². The van der Waals surface area contributed by atoms with Crippen molar-refractivity contribution < 1.29 is 18.9 Å². The van der Waals surface area contributed by atoms with Crippen LogP contribution in [0.4, 0.5) is 10.1 Å². The van der Waals surface area contributed by atoms with Crippen LogP contribution in [0.5, 0.6) is 0 Å². The zero-order chi connectivity index (χ0) is 29.2. The highest BCUT2D eigenvalue weighted by Gasteiger charge is 2.29. The van der Waals surface area contributed by atoms with Gasteiger partial charge in [0.25, 0.3) is 11.6 Å². The zero-order valence-corrected chi connectivity index (χ0v) is 23.7. The van der Waals surface area contributed by atoms with Crippen molar-refractivity contribution in [2.24, 2.45) is 0 Å². The summed E-state index contributed by atoms with van der Waals surface area (Å²) in [4.78, 5) is 41.8. The normalized spacial score (nSPS) is 13.6. The van der Waals surface area contributed by atoms with Crippen LogP contribution in [0, 0.1) is 15.9 Å². The molecule has 1 aliphatic rings. The van der Waals surface area contributed by atoms with Crippen LogP contribution >= 0.6 is 0 Å². The number of amides is 2. The predicted octanol–water partition coefficient (Wildman–Crippen LogP) is 6.58. The van der Waals surface area contributed by atoms with E-state index in [9.17, 15) is 24.1 Å². The summed E-state index contributed by atoms with van der Waals surface area (Å²) in [5.74, 6) is -0.776. The Kier molecular flexibility index (Phi) is 10.6. The van der Waals surface area contributed by atoms with E-state index in [-0.39, 0.29) is 41.5 Å². The van der Waals surface area contributed by atoms with E-state index < -0.39 is 4.92 Å². The number of carbonyl (C=O) groups is 2. The van der Waals surface area contributed by atoms with Crippen LogP contribution in [-0.2, 0) is 17.9 Å². The maximum absolute atomic E-state index is 14.0. The molecule has 2 amide bonds. The van der Waals surface area contributed by atoms with Gasteiger partial charge >= 0.3 is 0 Å². The molecule has 9 heteroatoms. The molecule has 8 nitrogen and oxygen atoms in total. The molecule has 1 saturated carbocycles. The third-order valence-electron chi connectivity index (χ3n) is 7.81. The van der Waals surface area contributed by atoms with Crippen molar-refractivity contribution in [3.05, 3.63) is 99.6 Å². The van der Waals surface area contributed by atoms with Gasteiger partial charge in [-0.25, -0.2) is 4.39 Å². The van der Waals surface area contributed by atoms with Crippen molar-refractivity contribution in [3.63, 3.8) is 0 Å². The van der Waals surface area contributed by atoms with E-state index in [1.54, 1.807) is 23.1 Å². The van der Waals surface area contributed by atoms with Crippen molar-refractivity contribution in [3.8, 4) is 0 Å². The Bertz CT molecular complexity index is 1320. The Morgan fingerprint density at radius 1 is 1.02 bits per heavy atom. The molecular formula is C32H39FN4O4. The summed E-state index contributed by atoms with van der Waals surface area (Å²) in [7, 11) is 0.